The fraction of sp³-hybridized carbons (Fsp3) is 1.00. The van der Waals surface area contributed by atoms with Crippen LogP contribution in [0.15, 0.2) is 0 Å². The van der Waals surface area contributed by atoms with Crippen molar-refractivity contribution in [1.82, 2.24) is 0 Å². The van der Waals surface area contributed by atoms with Gasteiger partial charge in [0.2, 0.25) is 0 Å². The molecule has 0 N–H and O–H groups in total. The number of hydrogen-bond donors (Lipinski definition) is 0. The molecule has 0 aromatic rings. The van der Waals surface area contributed by atoms with Crippen molar-refractivity contribution >= 4 is 82.9 Å². The van der Waals surface area contributed by atoms with Crippen molar-refractivity contribution in [2.75, 3.05) is 0 Å². The Morgan fingerprint density at radius 1 is 1.10 bits per heavy atom. The topological polar surface area (TPSA) is 0 Å². The summed E-state index contributed by atoms with van der Waals surface area (Å²) in [6.45, 7) is 0. The second-order valence-corrected chi connectivity index (χ2v) is 6.43. The summed E-state index contributed by atoms with van der Waals surface area (Å²) >= 11 is 0.896. The van der Waals surface area contributed by atoms with Crippen molar-refractivity contribution < 1.29 is 0 Å². The van der Waals surface area contributed by atoms with Gasteiger partial charge < -0.3 is 0 Å². The Kier molecular flexibility index (Phi) is 10.2. The van der Waals surface area contributed by atoms with Crippen molar-refractivity contribution in [3.8, 4) is 0 Å². The summed E-state index contributed by atoms with van der Waals surface area (Å²) in [4.78, 5) is 0. The minimum absolute atomic E-state index is 0. The summed E-state index contributed by atoms with van der Waals surface area (Å²) in [7, 11) is 0. The molecule has 1 fully saturated rings. The van der Waals surface area contributed by atoms with Gasteiger partial charge in [-0.05, 0) is 0 Å². The van der Waals surface area contributed by atoms with Crippen LogP contribution >= 0.6 is 17.0 Å². The number of rotatable bonds is 2. The molecular weight excluding hydrogens is 309 g/mol. The summed E-state index contributed by atoms with van der Waals surface area (Å²) < 4.78 is 1.62. The summed E-state index contributed by atoms with van der Waals surface area (Å²) in [5.41, 5.74) is 0. The van der Waals surface area contributed by atoms with E-state index in [2.05, 4.69) is 0 Å². The molecule has 0 unspecified atom stereocenters. The predicted octanol–water partition coefficient (Wildman–Crippen LogP) is 3.12. The van der Waals surface area contributed by atoms with Gasteiger partial charge in [-0.25, -0.2) is 0 Å². The maximum atomic E-state index is 1.62. The fourth-order valence-corrected chi connectivity index (χ4v) is 4.45. The Hall–Kier alpha value is 2.53. The molecule has 0 nitrogen and oxygen atoms in total. The van der Waals surface area contributed by atoms with Crippen LogP contribution in [0.2, 0.25) is -2.15 Å². The van der Waals surface area contributed by atoms with Gasteiger partial charge in [-0.15, -0.1) is 17.0 Å². The predicted molar refractivity (Wildman–Crippen MR) is 52.1 cm³/mol. The van der Waals surface area contributed by atoms with Crippen molar-refractivity contribution in [2.45, 2.75) is 36.4 Å². The third kappa shape index (κ3) is 5.23. The molecule has 0 radical (unpaired) electrons. The molecule has 0 spiro atoms. The van der Waals surface area contributed by atoms with E-state index in [1.54, 1.807) is 17.1 Å². The van der Waals surface area contributed by atoms with Crippen LogP contribution < -0.4 is 0 Å². The van der Waals surface area contributed by atoms with Gasteiger partial charge in [0.1, 0.15) is 0 Å². The van der Waals surface area contributed by atoms with Gasteiger partial charge >= 0.3 is 108 Å². The molecular formula is C8H16BrCs. The SMILES string of the molecule is Br.[Cs][CH2]CC1CCCCC1. The Morgan fingerprint density at radius 2 is 1.70 bits per heavy atom. The Bertz CT molecular complexity index is 66.9. The van der Waals surface area contributed by atoms with Crippen LogP contribution in [0, 0.1) is 5.92 Å². The van der Waals surface area contributed by atoms with Gasteiger partial charge in [0.15, 0.2) is 0 Å². The number of hydrogen-bond acceptors (Lipinski definition) is 0. The zero-order chi connectivity index (χ0) is 6.53. The molecule has 0 amide bonds. The van der Waals surface area contributed by atoms with Crippen molar-refractivity contribution in [2.24, 2.45) is 5.92 Å². The van der Waals surface area contributed by atoms with Gasteiger partial charge in [-0.1, -0.05) is 0 Å². The molecule has 1 saturated carbocycles. The third-order valence-electron chi connectivity index (χ3n) is 2.42. The first-order valence-electron chi connectivity index (χ1n) is 4.43. The van der Waals surface area contributed by atoms with E-state index in [9.17, 15) is 0 Å². The average molecular weight is 325 g/mol. The zero-order valence-electron chi connectivity index (χ0n) is 6.94. The fourth-order valence-electron chi connectivity index (χ4n) is 1.88. The molecule has 0 atom stereocenters. The first kappa shape index (κ1) is 12.5. The van der Waals surface area contributed by atoms with E-state index in [1.807, 2.05) is 0 Å². The molecule has 0 heterocycles. The molecule has 10 heavy (non-hydrogen) atoms. The summed E-state index contributed by atoms with van der Waals surface area (Å²) in [6, 6.07) is 0. The van der Waals surface area contributed by atoms with E-state index in [1.165, 1.54) is 19.3 Å². The maximum absolute atomic E-state index is 1.62. The summed E-state index contributed by atoms with van der Waals surface area (Å²) in [6.07, 6.45) is 9.28. The van der Waals surface area contributed by atoms with Crippen LogP contribution in [-0.2, 0) is 0 Å². The molecule has 1 aliphatic carbocycles. The van der Waals surface area contributed by atoms with Gasteiger partial charge in [0.25, 0.3) is 0 Å². The van der Waals surface area contributed by atoms with Crippen LogP contribution in [0.25, 0.3) is 0 Å². The Morgan fingerprint density at radius 3 is 2.20 bits per heavy atom. The van der Waals surface area contributed by atoms with Crippen LogP contribution in [0.5, 0.6) is 0 Å². The summed E-state index contributed by atoms with van der Waals surface area (Å²) in [5.74, 6) is 1.16. The second kappa shape index (κ2) is 8.14. The standard InChI is InChI=1S/C8H15.BrH.Cs/c1-2-8-6-4-3-5-7-8;;/h8H,1-7H2;1H;. The molecule has 0 aromatic carbocycles. The van der Waals surface area contributed by atoms with Crippen molar-refractivity contribution in [3.05, 3.63) is 0 Å². The minimum atomic E-state index is 0. The molecule has 0 saturated heterocycles. The van der Waals surface area contributed by atoms with Gasteiger partial charge in [-0.3, -0.25) is 0 Å². The third-order valence-corrected chi connectivity index (χ3v) is 4.23. The van der Waals surface area contributed by atoms with E-state index in [0.29, 0.717) is 0 Å². The Labute approximate surface area is 122 Å². The molecule has 2 heteroatoms. The Balaban J connectivity index is 0.000000810. The van der Waals surface area contributed by atoms with E-state index in [-0.39, 0.29) is 17.0 Å². The molecule has 56 valence electrons. The van der Waals surface area contributed by atoms with Gasteiger partial charge in [0.05, 0.1) is 0 Å². The average Bonchev–Trinajstić information content (AvgIpc) is 1.91. The second-order valence-electron chi connectivity index (χ2n) is 3.29. The number of halogens is 1. The van der Waals surface area contributed by atoms with Crippen molar-refractivity contribution in [1.29, 1.82) is 0 Å². The first-order chi connectivity index (χ1) is 4.43. The van der Waals surface area contributed by atoms with E-state index < -0.39 is 0 Å². The van der Waals surface area contributed by atoms with Crippen LogP contribution in [-0.4, -0.2) is 65.9 Å². The molecule has 0 bridgehead atoms. The van der Waals surface area contributed by atoms with Crippen LogP contribution in [0.3, 0.4) is 0 Å². The van der Waals surface area contributed by atoms with E-state index in [0.717, 1.165) is 71.8 Å². The molecule has 1 rings (SSSR count). The first-order valence-corrected chi connectivity index (χ1v) is 8.87. The molecule has 0 aliphatic heterocycles. The van der Waals surface area contributed by atoms with Gasteiger partial charge in [-0.2, -0.15) is 0 Å². The quantitative estimate of drug-likeness (QED) is 0.732. The van der Waals surface area contributed by atoms with E-state index >= 15 is 0 Å². The van der Waals surface area contributed by atoms with Crippen molar-refractivity contribution in [3.63, 3.8) is 0 Å². The van der Waals surface area contributed by atoms with Gasteiger partial charge in [0, 0.05) is 0 Å². The van der Waals surface area contributed by atoms with E-state index in [4.69, 9.17) is 0 Å². The monoisotopic (exact) mass is 324 g/mol. The van der Waals surface area contributed by atoms with Crippen LogP contribution in [0.1, 0.15) is 38.5 Å². The van der Waals surface area contributed by atoms with Crippen LogP contribution in [0.4, 0.5) is 0 Å². The molecule has 0 aromatic heterocycles. The molecule has 1 aliphatic rings. The summed E-state index contributed by atoms with van der Waals surface area (Å²) in [5, 5.41) is 0. The zero-order valence-corrected chi connectivity index (χ0v) is 14.9. The normalized spacial score (nSPS) is 20.2.